The van der Waals surface area contributed by atoms with E-state index in [1.165, 1.54) is 16.2 Å². The highest BCUT2D eigenvalue weighted by molar-refractivity contribution is 7.15. The smallest absolute Gasteiger partial charge is 0.261 e. The topological polar surface area (TPSA) is 92.3 Å². The van der Waals surface area contributed by atoms with Crippen LogP contribution in [0.25, 0.3) is 0 Å². The van der Waals surface area contributed by atoms with Gasteiger partial charge in [0.2, 0.25) is 5.13 Å². The maximum Gasteiger partial charge on any atom is 0.261 e. The summed E-state index contributed by atoms with van der Waals surface area (Å²) in [5, 5.41) is 11.6. The van der Waals surface area contributed by atoms with E-state index in [9.17, 15) is 14.4 Å². The Bertz CT molecular complexity index is 1040. The summed E-state index contributed by atoms with van der Waals surface area (Å²) in [7, 11) is 0. The van der Waals surface area contributed by atoms with Crippen molar-refractivity contribution in [1.82, 2.24) is 15.1 Å². The maximum absolute atomic E-state index is 12.5. The maximum atomic E-state index is 12.5. The molecule has 1 aliphatic heterocycles. The molecule has 0 saturated carbocycles. The Morgan fingerprint density at radius 1 is 1.04 bits per heavy atom. The van der Waals surface area contributed by atoms with Crippen molar-refractivity contribution in [1.29, 1.82) is 0 Å². The zero-order chi connectivity index (χ0) is 19.0. The van der Waals surface area contributed by atoms with Crippen LogP contribution in [0.3, 0.4) is 0 Å². The van der Waals surface area contributed by atoms with Crippen molar-refractivity contribution in [3.05, 3.63) is 75.8 Å². The lowest BCUT2D eigenvalue weighted by Gasteiger charge is -2.14. The van der Waals surface area contributed by atoms with Crippen LogP contribution >= 0.6 is 11.3 Å². The number of aryl methyl sites for hydroxylation is 1. The average molecular weight is 378 g/mol. The molecule has 3 aromatic rings. The van der Waals surface area contributed by atoms with Crippen molar-refractivity contribution < 1.29 is 14.4 Å². The standard InChI is InChI=1S/C19H14N4O3S/c1-11-21-22-19(27-11)20-16(24)13-6-4-5-12(9-13)10-23-17(25)14-7-2-3-8-15(14)18(23)26/h2-9H,10H2,1H3,(H,20,22,24). The van der Waals surface area contributed by atoms with Crippen molar-refractivity contribution in [2.75, 3.05) is 5.32 Å². The summed E-state index contributed by atoms with van der Waals surface area (Å²) in [4.78, 5) is 38.6. The first-order valence-corrected chi connectivity index (χ1v) is 9.00. The minimum absolute atomic E-state index is 0.103. The van der Waals surface area contributed by atoms with E-state index >= 15 is 0 Å². The second kappa shape index (κ2) is 6.73. The SMILES string of the molecule is Cc1nnc(NC(=O)c2cccc(CN3C(=O)c4ccccc4C3=O)c2)s1. The number of carbonyl (C=O) groups excluding carboxylic acids is 3. The van der Waals surface area contributed by atoms with E-state index in [4.69, 9.17) is 0 Å². The van der Waals surface area contributed by atoms with Gasteiger partial charge in [-0.25, -0.2) is 0 Å². The number of nitrogens with zero attached hydrogens (tertiary/aromatic N) is 3. The Morgan fingerprint density at radius 2 is 1.74 bits per heavy atom. The molecular weight excluding hydrogens is 364 g/mol. The van der Waals surface area contributed by atoms with Crippen molar-refractivity contribution in [3.63, 3.8) is 0 Å². The second-order valence-electron chi connectivity index (χ2n) is 6.02. The lowest BCUT2D eigenvalue weighted by molar-refractivity contribution is 0.0642. The fourth-order valence-corrected chi connectivity index (χ4v) is 3.48. The van der Waals surface area contributed by atoms with Gasteiger partial charge in [-0.05, 0) is 36.8 Å². The third kappa shape index (κ3) is 3.22. The molecule has 0 radical (unpaired) electrons. The zero-order valence-electron chi connectivity index (χ0n) is 14.3. The van der Waals surface area contributed by atoms with Crippen LogP contribution in [0.2, 0.25) is 0 Å². The molecule has 0 spiro atoms. The van der Waals surface area contributed by atoms with E-state index in [-0.39, 0.29) is 24.3 Å². The molecule has 134 valence electrons. The first-order chi connectivity index (χ1) is 13.0. The van der Waals surface area contributed by atoms with Gasteiger partial charge in [0.15, 0.2) is 0 Å². The Labute approximate surface area is 158 Å². The Hall–Kier alpha value is -3.39. The molecule has 2 heterocycles. The first-order valence-electron chi connectivity index (χ1n) is 8.18. The summed E-state index contributed by atoms with van der Waals surface area (Å²) in [6.07, 6.45) is 0. The molecule has 0 atom stereocenters. The number of fused-ring (bicyclic) bond motifs is 1. The summed E-state index contributed by atoms with van der Waals surface area (Å²) in [5.74, 6) is -0.972. The van der Waals surface area contributed by atoms with Crippen molar-refractivity contribution in [3.8, 4) is 0 Å². The van der Waals surface area contributed by atoms with E-state index in [1.807, 2.05) is 0 Å². The van der Waals surface area contributed by atoms with E-state index in [0.29, 0.717) is 27.4 Å². The van der Waals surface area contributed by atoms with Crippen molar-refractivity contribution in [2.24, 2.45) is 0 Å². The number of aromatic nitrogens is 2. The molecule has 8 heteroatoms. The van der Waals surface area contributed by atoms with Gasteiger partial charge in [-0.15, -0.1) is 10.2 Å². The molecule has 0 fully saturated rings. The van der Waals surface area contributed by atoms with Crippen LogP contribution in [0.15, 0.2) is 48.5 Å². The van der Waals surface area contributed by atoms with E-state index < -0.39 is 0 Å². The van der Waals surface area contributed by atoms with Crippen LogP contribution in [0.5, 0.6) is 0 Å². The molecule has 27 heavy (non-hydrogen) atoms. The van der Waals surface area contributed by atoms with Crippen molar-refractivity contribution >= 4 is 34.2 Å². The summed E-state index contributed by atoms with van der Waals surface area (Å²) >= 11 is 1.28. The Morgan fingerprint density at radius 3 is 2.37 bits per heavy atom. The number of imide groups is 1. The molecule has 3 amide bonds. The quantitative estimate of drug-likeness (QED) is 0.705. The lowest BCUT2D eigenvalue weighted by atomic mass is 10.1. The summed E-state index contributed by atoms with van der Waals surface area (Å²) in [6, 6.07) is 13.6. The third-order valence-corrected chi connectivity index (χ3v) is 4.91. The van der Waals surface area contributed by atoms with Gasteiger partial charge >= 0.3 is 0 Å². The first kappa shape index (κ1) is 17.0. The van der Waals surface area contributed by atoms with Gasteiger partial charge in [0.1, 0.15) is 5.01 Å². The number of carbonyl (C=O) groups is 3. The zero-order valence-corrected chi connectivity index (χ0v) is 15.1. The molecule has 4 rings (SSSR count). The predicted octanol–water partition coefficient (Wildman–Crippen LogP) is 2.90. The van der Waals surface area contributed by atoms with Gasteiger partial charge < -0.3 is 0 Å². The fraction of sp³-hybridized carbons (Fsp3) is 0.105. The second-order valence-corrected chi connectivity index (χ2v) is 7.20. The van der Waals surface area contributed by atoms with Crippen LogP contribution in [0.4, 0.5) is 5.13 Å². The average Bonchev–Trinajstić information content (AvgIpc) is 3.19. The van der Waals surface area contributed by atoms with Crippen LogP contribution in [0.1, 0.15) is 41.6 Å². The fourth-order valence-electron chi connectivity index (χ4n) is 2.89. The molecule has 2 aromatic carbocycles. The number of benzene rings is 2. The summed E-state index contributed by atoms with van der Waals surface area (Å²) < 4.78 is 0. The molecule has 0 unspecified atom stereocenters. The van der Waals surface area contributed by atoms with Crippen molar-refractivity contribution in [2.45, 2.75) is 13.5 Å². The molecule has 1 aromatic heterocycles. The highest BCUT2D eigenvalue weighted by atomic mass is 32.1. The molecule has 0 aliphatic carbocycles. The lowest BCUT2D eigenvalue weighted by Crippen LogP contribution is -2.29. The molecular formula is C19H14N4O3S. The number of amides is 3. The third-order valence-electron chi connectivity index (χ3n) is 4.15. The van der Waals surface area contributed by atoms with E-state index in [0.717, 1.165) is 5.01 Å². The highest BCUT2D eigenvalue weighted by Crippen LogP contribution is 2.24. The minimum atomic E-state index is -0.324. The highest BCUT2D eigenvalue weighted by Gasteiger charge is 2.34. The molecule has 1 N–H and O–H groups in total. The molecule has 7 nitrogen and oxygen atoms in total. The van der Waals surface area contributed by atoms with Gasteiger partial charge in [-0.2, -0.15) is 0 Å². The van der Waals surface area contributed by atoms with Crippen LogP contribution in [0, 0.1) is 6.92 Å². The van der Waals surface area contributed by atoms with E-state index in [1.54, 1.807) is 55.5 Å². The molecule has 1 aliphatic rings. The van der Waals surface area contributed by atoms with Crippen LogP contribution < -0.4 is 5.32 Å². The van der Waals surface area contributed by atoms with Crippen LogP contribution in [-0.2, 0) is 6.54 Å². The monoisotopic (exact) mass is 378 g/mol. The number of anilines is 1. The molecule has 0 bridgehead atoms. The largest absolute Gasteiger partial charge is 0.296 e. The number of hydrogen-bond acceptors (Lipinski definition) is 6. The van der Waals surface area contributed by atoms with Gasteiger partial charge in [0.05, 0.1) is 17.7 Å². The van der Waals surface area contributed by atoms with E-state index in [2.05, 4.69) is 15.5 Å². The Balaban J connectivity index is 1.53. The van der Waals surface area contributed by atoms with Gasteiger partial charge in [0, 0.05) is 5.56 Å². The summed E-state index contributed by atoms with van der Waals surface area (Å²) in [6.45, 7) is 1.90. The number of nitrogens with one attached hydrogen (secondary N) is 1. The Kier molecular flexibility index (Phi) is 4.25. The minimum Gasteiger partial charge on any atom is -0.296 e. The van der Waals surface area contributed by atoms with Crippen LogP contribution in [-0.4, -0.2) is 32.8 Å². The normalized spacial score (nSPS) is 13.0. The number of hydrogen-bond donors (Lipinski definition) is 1. The van der Waals surface area contributed by atoms with Gasteiger partial charge in [-0.1, -0.05) is 35.6 Å². The number of rotatable bonds is 4. The summed E-state index contributed by atoms with van der Waals surface area (Å²) in [5.41, 5.74) is 1.91. The molecule has 0 saturated heterocycles. The predicted molar refractivity (Wildman–Crippen MR) is 99.7 cm³/mol. The van der Waals surface area contributed by atoms with Gasteiger partial charge in [-0.3, -0.25) is 24.6 Å². The van der Waals surface area contributed by atoms with Gasteiger partial charge in [0.25, 0.3) is 17.7 Å².